The molecule has 7 nitrogen and oxygen atoms in total. The van der Waals surface area contributed by atoms with E-state index in [1.165, 1.54) is 0 Å². The van der Waals surface area contributed by atoms with Gasteiger partial charge in [0.05, 0.1) is 28.6 Å². The number of nitrogens with zero attached hydrogens (tertiary/aromatic N) is 2. The number of rotatable bonds is 6. The summed E-state index contributed by atoms with van der Waals surface area (Å²) in [6, 6.07) is 16.6. The molecule has 1 aromatic heterocycles. The Morgan fingerprint density at radius 3 is 1.62 bits per heavy atom. The van der Waals surface area contributed by atoms with Crippen molar-refractivity contribution in [2.75, 3.05) is 5.43 Å². The normalized spacial score (nSPS) is 11.2. The third-order valence-corrected chi connectivity index (χ3v) is 5.58. The molecule has 0 bridgehead atoms. The first-order chi connectivity index (χ1) is 17.5. The number of carbonyl (C=O) groups is 2. The molecule has 188 valence electrons. The molecule has 0 aliphatic rings. The zero-order chi connectivity index (χ0) is 26.7. The zero-order valence-electron chi connectivity index (χ0n) is 18.4. The van der Waals surface area contributed by atoms with Crippen LogP contribution in [0.15, 0.2) is 72.8 Å². The summed E-state index contributed by atoms with van der Waals surface area (Å²) in [6.07, 6.45) is -4.52. The molecular weight excluding hydrogens is 532 g/mol. The highest BCUT2D eigenvalue weighted by Gasteiger charge is 2.30. The molecule has 0 aliphatic carbocycles. The van der Waals surface area contributed by atoms with E-state index in [4.69, 9.17) is 23.2 Å². The minimum absolute atomic E-state index is 0.111. The predicted molar refractivity (Wildman–Crippen MR) is 130 cm³/mol. The second kappa shape index (κ2) is 10.5. The monoisotopic (exact) mass is 545 g/mol. The molecule has 1 amide bonds. The average molecular weight is 546 g/mol. The van der Waals surface area contributed by atoms with Gasteiger partial charge in [-0.15, -0.1) is 0 Å². The van der Waals surface area contributed by atoms with Crippen LogP contribution in [0.3, 0.4) is 0 Å². The van der Waals surface area contributed by atoms with Gasteiger partial charge in [-0.2, -0.15) is 13.2 Å². The van der Waals surface area contributed by atoms with Crippen LogP contribution in [0.1, 0.15) is 26.5 Å². The number of nitrogens with one attached hydrogen (secondary N) is 2. The Morgan fingerprint density at radius 2 is 1.19 bits per heavy atom. The molecule has 0 atom stereocenters. The molecule has 0 spiro atoms. The van der Waals surface area contributed by atoms with Gasteiger partial charge >= 0.3 is 6.18 Å². The first-order valence-electron chi connectivity index (χ1n) is 10.4. The third kappa shape index (κ3) is 5.99. The first-order valence-corrected chi connectivity index (χ1v) is 11.2. The smallest absolute Gasteiger partial charge is 0.416 e. The van der Waals surface area contributed by atoms with Gasteiger partial charge in [0.1, 0.15) is 5.69 Å². The fourth-order valence-electron chi connectivity index (χ4n) is 3.28. The van der Waals surface area contributed by atoms with E-state index in [1.807, 2.05) is 0 Å². The molecule has 4 aromatic rings. The Hall–Kier alpha value is -4.15. The van der Waals surface area contributed by atoms with E-state index >= 15 is 0 Å². The largest absolute Gasteiger partial charge is 0.543 e. The summed E-state index contributed by atoms with van der Waals surface area (Å²) in [6.45, 7) is 0. The van der Waals surface area contributed by atoms with Crippen molar-refractivity contribution in [1.82, 2.24) is 15.4 Å². The van der Waals surface area contributed by atoms with E-state index in [1.54, 1.807) is 48.5 Å². The fourth-order valence-corrected chi connectivity index (χ4v) is 3.54. The summed E-state index contributed by atoms with van der Waals surface area (Å²) in [5.74, 6) is -2.77. The van der Waals surface area contributed by atoms with E-state index < -0.39 is 35.0 Å². The molecule has 4 rings (SSSR count). The molecule has 12 heteroatoms. The highest BCUT2D eigenvalue weighted by Crippen LogP contribution is 2.32. The van der Waals surface area contributed by atoms with Crippen molar-refractivity contribution >= 4 is 40.8 Å². The Labute approximate surface area is 217 Å². The minimum Gasteiger partial charge on any atom is -0.543 e. The predicted octanol–water partition coefficient (Wildman–Crippen LogP) is 5.26. The lowest BCUT2D eigenvalue weighted by Gasteiger charge is -2.16. The van der Waals surface area contributed by atoms with Gasteiger partial charge in [0.25, 0.3) is 5.91 Å². The van der Waals surface area contributed by atoms with Gasteiger partial charge in [0.15, 0.2) is 5.69 Å². The second-order valence-electron chi connectivity index (χ2n) is 7.57. The number of aromatic nitrogens is 2. The zero-order valence-corrected chi connectivity index (χ0v) is 19.9. The van der Waals surface area contributed by atoms with Gasteiger partial charge in [-0.3, -0.25) is 15.6 Å². The van der Waals surface area contributed by atoms with Crippen LogP contribution in [0.5, 0.6) is 0 Å². The van der Waals surface area contributed by atoms with Gasteiger partial charge in [-0.25, -0.2) is 9.97 Å². The number of alkyl halides is 3. The topological polar surface area (TPSA) is 107 Å². The van der Waals surface area contributed by atoms with Gasteiger partial charge in [-0.05, 0) is 48.5 Å². The van der Waals surface area contributed by atoms with Crippen LogP contribution in [0.25, 0.3) is 22.5 Å². The summed E-state index contributed by atoms with van der Waals surface area (Å²) in [5, 5.41) is 12.8. The lowest BCUT2D eigenvalue weighted by molar-refractivity contribution is -0.255. The number of hydrazine groups is 1. The number of anilines is 1. The van der Waals surface area contributed by atoms with Crippen LogP contribution in [0.4, 0.5) is 18.9 Å². The van der Waals surface area contributed by atoms with E-state index in [0.717, 1.165) is 24.3 Å². The number of hydrogen-bond acceptors (Lipinski definition) is 6. The van der Waals surface area contributed by atoms with E-state index in [0.29, 0.717) is 21.2 Å². The van der Waals surface area contributed by atoms with Gasteiger partial charge in [0, 0.05) is 21.2 Å². The van der Waals surface area contributed by atoms with Crippen molar-refractivity contribution in [2.45, 2.75) is 6.18 Å². The van der Waals surface area contributed by atoms with Crippen molar-refractivity contribution < 1.29 is 27.9 Å². The van der Waals surface area contributed by atoms with Gasteiger partial charge in [0.2, 0.25) is 0 Å². The highest BCUT2D eigenvalue weighted by molar-refractivity contribution is 6.31. The maximum absolute atomic E-state index is 12.9. The molecule has 0 aliphatic heterocycles. The van der Waals surface area contributed by atoms with Crippen LogP contribution >= 0.6 is 23.2 Å². The summed E-state index contributed by atoms with van der Waals surface area (Å²) < 4.78 is 38.3. The molecule has 0 saturated carbocycles. The molecule has 2 N–H and O–H groups in total. The molecule has 1 heterocycles. The van der Waals surface area contributed by atoms with Crippen LogP contribution < -0.4 is 16.0 Å². The van der Waals surface area contributed by atoms with E-state index in [-0.39, 0.29) is 17.1 Å². The van der Waals surface area contributed by atoms with Crippen LogP contribution in [-0.4, -0.2) is 21.8 Å². The number of halogens is 5. The molecule has 3 aromatic carbocycles. The second-order valence-corrected chi connectivity index (χ2v) is 8.45. The Bertz CT molecular complexity index is 1460. The lowest BCUT2D eigenvalue weighted by Crippen LogP contribution is -2.35. The van der Waals surface area contributed by atoms with E-state index in [2.05, 4.69) is 20.8 Å². The maximum atomic E-state index is 12.9. The summed E-state index contributed by atoms with van der Waals surface area (Å²) in [7, 11) is 0. The minimum atomic E-state index is -4.52. The highest BCUT2D eigenvalue weighted by atomic mass is 35.5. The van der Waals surface area contributed by atoms with Crippen LogP contribution in [-0.2, 0) is 6.18 Å². The summed E-state index contributed by atoms with van der Waals surface area (Å²) in [4.78, 5) is 33.3. The Morgan fingerprint density at radius 1 is 0.730 bits per heavy atom. The lowest BCUT2D eigenvalue weighted by atomic mass is 10.0. The van der Waals surface area contributed by atoms with Crippen molar-refractivity contribution in [3.63, 3.8) is 0 Å². The van der Waals surface area contributed by atoms with E-state index in [9.17, 15) is 27.9 Å². The van der Waals surface area contributed by atoms with Gasteiger partial charge < -0.3 is 9.90 Å². The van der Waals surface area contributed by atoms with Crippen molar-refractivity contribution in [2.24, 2.45) is 0 Å². The summed E-state index contributed by atoms with van der Waals surface area (Å²) >= 11 is 12.0. The standard InChI is InChI=1S/C25H15Cl2F3N4O3/c26-16-7-1-13(2-8-16)19-20(14-3-9-17(27)10-4-14)32-22(24(36)37)21(31-19)23(35)34-33-18-11-5-15(6-12-18)25(28,29)30/h1-12,33H,(H,34,35)(H,36,37)/p-1. The quantitative estimate of drug-likeness (QED) is 0.320. The average Bonchev–Trinajstić information content (AvgIpc) is 2.87. The molecule has 37 heavy (non-hydrogen) atoms. The fraction of sp³-hybridized carbons (Fsp3) is 0.0400. The number of benzene rings is 3. The van der Waals surface area contributed by atoms with Gasteiger partial charge in [-0.1, -0.05) is 47.5 Å². The number of aromatic carboxylic acids is 1. The number of carboxylic acid groups (broad SMARTS) is 1. The SMILES string of the molecule is O=C([O-])c1nc(-c2ccc(Cl)cc2)c(-c2ccc(Cl)cc2)nc1C(=O)NNc1ccc(C(F)(F)F)cc1. The third-order valence-electron chi connectivity index (χ3n) is 5.07. The van der Waals surface area contributed by atoms with Crippen molar-refractivity contribution in [1.29, 1.82) is 0 Å². The molecule has 0 radical (unpaired) electrons. The maximum Gasteiger partial charge on any atom is 0.416 e. The number of carboxylic acids is 1. The van der Waals surface area contributed by atoms with Crippen molar-refractivity contribution in [3.05, 3.63) is 99.8 Å². The Kier molecular flexibility index (Phi) is 7.33. The first kappa shape index (κ1) is 25.9. The molecule has 0 fully saturated rings. The van der Waals surface area contributed by atoms with Crippen molar-refractivity contribution in [3.8, 4) is 22.5 Å². The number of hydrogen-bond donors (Lipinski definition) is 2. The Balaban J connectivity index is 1.73. The van der Waals surface area contributed by atoms with Crippen LogP contribution in [0.2, 0.25) is 10.0 Å². The van der Waals surface area contributed by atoms with Crippen LogP contribution in [0, 0.1) is 0 Å². The molecule has 0 unspecified atom stereocenters. The summed E-state index contributed by atoms with van der Waals surface area (Å²) in [5.41, 5.74) is 3.83. The number of amides is 1. The number of carbonyl (C=O) groups excluding carboxylic acids is 2. The molecular formula is C25H14Cl2F3N4O3-. The molecule has 0 saturated heterocycles.